The van der Waals surface area contributed by atoms with Gasteiger partial charge < -0.3 is 15.8 Å². The summed E-state index contributed by atoms with van der Waals surface area (Å²) in [6.45, 7) is 10.2. The largest absolute Gasteiger partial charge is 0.399 e. The fourth-order valence-corrected chi connectivity index (χ4v) is 2.55. The van der Waals surface area contributed by atoms with Crippen LogP contribution < -0.4 is 11.1 Å². The van der Waals surface area contributed by atoms with Gasteiger partial charge in [-0.1, -0.05) is 32.6 Å². The third-order valence-corrected chi connectivity index (χ3v) is 3.80. The van der Waals surface area contributed by atoms with Crippen LogP contribution in [0.4, 0.5) is 5.69 Å². The number of ether oxygens (including phenoxy) is 1. The minimum absolute atomic E-state index is 0.0519. The van der Waals surface area contributed by atoms with E-state index in [-0.39, 0.29) is 5.60 Å². The smallest absolute Gasteiger partial charge is 0.0743 e. The van der Waals surface area contributed by atoms with E-state index < -0.39 is 0 Å². The molecular formula is C17H28N2O. The van der Waals surface area contributed by atoms with Crippen molar-refractivity contribution in [1.29, 1.82) is 0 Å². The third-order valence-electron chi connectivity index (χ3n) is 3.80. The number of anilines is 1. The van der Waals surface area contributed by atoms with Crippen LogP contribution in [-0.4, -0.2) is 25.8 Å². The molecule has 0 amide bonds. The number of methoxy groups -OCH3 is 1. The van der Waals surface area contributed by atoms with Crippen molar-refractivity contribution in [3.05, 3.63) is 36.4 Å². The summed E-state index contributed by atoms with van der Waals surface area (Å²) < 4.78 is 5.77. The molecule has 0 aromatic heterocycles. The van der Waals surface area contributed by atoms with E-state index in [1.807, 2.05) is 45.2 Å². The fraction of sp³-hybridized carbons (Fsp3) is 0.529. The maximum atomic E-state index is 5.77. The Morgan fingerprint density at radius 3 is 2.30 bits per heavy atom. The third kappa shape index (κ3) is 4.36. The molecule has 1 heterocycles. The van der Waals surface area contributed by atoms with Crippen molar-refractivity contribution < 1.29 is 4.74 Å². The van der Waals surface area contributed by atoms with Gasteiger partial charge in [0.15, 0.2) is 0 Å². The van der Waals surface area contributed by atoms with Gasteiger partial charge in [-0.25, -0.2) is 0 Å². The van der Waals surface area contributed by atoms with Crippen molar-refractivity contribution in [2.24, 2.45) is 0 Å². The van der Waals surface area contributed by atoms with Crippen LogP contribution in [0.5, 0.6) is 0 Å². The van der Waals surface area contributed by atoms with Crippen molar-refractivity contribution in [1.82, 2.24) is 5.32 Å². The van der Waals surface area contributed by atoms with E-state index in [1.54, 1.807) is 0 Å². The van der Waals surface area contributed by atoms with E-state index >= 15 is 0 Å². The monoisotopic (exact) mass is 276 g/mol. The average molecular weight is 276 g/mol. The van der Waals surface area contributed by atoms with Crippen LogP contribution in [0.2, 0.25) is 0 Å². The van der Waals surface area contributed by atoms with Gasteiger partial charge in [0.2, 0.25) is 0 Å². The van der Waals surface area contributed by atoms with Crippen molar-refractivity contribution in [3.8, 4) is 0 Å². The van der Waals surface area contributed by atoms with E-state index in [2.05, 4.69) is 11.9 Å². The minimum Gasteiger partial charge on any atom is -0.399 e. The Balaban J connectivity index is 0.000000956. The first-order chi connectivity index (χ1) is 9.65. The summed E-state index contributed by atoms with van der Waals surface area (Å²) in [7, 11) is 1.81. The average Bonchev–Trinajstić information content (AvgIpc) is 2.51. The highest BCUT2D eigenvalue weighted by molar-refractivity contribution is 5.65. The first-order valence-electron chi connectivity index (χ1n) is 7.45. The van der Waals surface area contributed by atoms with Gasteiger partial charge in [-0.2, -0.15) is 0 Å². The molecular weight excluding hydrogens is 248 g/mol. The van der Waals surface area contributed by atoms with Gasteiger partial charge >= 0.3 is 0 Å². The molecule has 1 aromatic rings. The standard InChI is InChI=1S/C15H22N2O.C2H6/c1-12(13-3-5-14(16)6-4-13)11-15(18-2)7-9-17-10-8-15;1-2/h3-6,17H,1,7-11,16H2,2H3;1-2H3. The van der Waals surface area contributed by atoms with E-state index in [1.165, 1.54) is 0 Å². The number of rotatable bonds is 4. The topological polar surface area (TPSA) is 47.3 Å². The van der Waals surface area contributed by atoms with Crippen LogP contribution in [0.1, 0.15) is 38.7 Å². The lowest BCUT2D eigenvalue weighted by atomic mass is 9.84. The summed E-state index contributed by atoms with van der Waals surface area (Å²) in [6, 6.07) is 7.90. The molecule has 1 aliphatic rings. The summed E-state index contributed by atoms with van der Waals surface area (Å²) in [5.41, 5.74) is 8.71. The molecule has 0 aliphatic carbocycles. The molecule has 0 atom stereocenters. The minimum atomic E-state index is -0.0519. The normalized spacial score (nSPS) is 16.9. The van der Waals surface area contributed by atoms with E-state index in [4.69, 9.17) is 10.5 Å². The van der Waals surface area contributed by atoms with Crippen LogP contribution in [-0.2, 0) is 4.74 Å². The molecule has 112 valence electrons. The van der Waals surface area contributed by atoms with Crippen LogP contribution in [0, 0.1) is 0 Å². The number of hydrogen-bond donors (Lipinski definition) is 2. The zero-order valence-electron chi connectivity index (χ0n) is 13.0. The lowest BCUT2D eigenvalue weighted by molar-refractivity contribution is -0.0293. The number of benzene rings is 1. The van der Waals surface area contributed by atoms with E-state index in [0.717, 1.165) is 49.2 Å². The van der Waals surface area contributed by atoms with Crippen LogP contribution in [0.25, 0.3) is 5.57 Å². The second-order valence-corrected chi connectivity index (χ2v) is 5.04. The summed E-state index contributed by atoms with van der Waals surface area (Å²) in [4.78, 5) is 0. The number of nitrogens with two attached hydrogens (primary N) is 1. The molecule has 3 heteroatoms. The molecule has 1 fully saturated rings. The zero-order chi connectivity index (χ0) is 15.0. The van der Waals surface area contributed by atoms with Crippen molar-refractivity contribution in [2.45, 2.75) is 38.7 Å². The predicted molar refractivity (Wildman–Crippen MR) is 87.7 cm³/mol. The van der Waals surface area contributed by atoms with E-state index in [9.17, 15) is 0 Å². The number of nitrogens with one attached hydrogen (secondary N) is 1. The van der Waals surface area contributed by atoms with Gasteiger partial charge in [0.1, 0.15) is 0 Å². The van der Waals surface area contributed by atoms with Crippen molar-refractivity contribution in [3.63, 3.8) is 0 Å². The molecule has 0 bridgehead atoms. The van der Waals surface area contributed by atoms with Gasteiger partial charge in [-0.15, -0.1) is 0 Å². The molecule has 1 aromatic carbocycles. The molecule has 3 N–H and O–H groups in total. The quantitative estimate of drug-likeness (QED) is 0.828. The van der Waals surface area contributed by atoms with Crippen LogP contribution in [0.3, 0.4) is 0 Å². The SMILES string of the molecule is C=C(CC1(OC)CCNCC1)c1ccc(N)cc1.CC. The van der Waals surface area contributed by atoms with Gasteiger partial charge in [-0.05, 0) is 49.2 Å². The number of hydrogen-bond acceptors (Lipinski definition) is 3. The first-order valence-corrected chi connectivity index (χ1v) is 7.45. The second-order valence-electron chi connectivity index (χ2n) is 5.04. The maximum absolute atomic E-state index is 5.77. The predicted octanol–water partition coefficient (Wildman–Crippen LogP) is 3.47. The lowest BCUT2D eigenvalue weighted by Crippen LogP contribution is -2.43. The Morgan fingerprint density at radius 1 is 1.25 bits per heavy atom. The Bertz CT molecular complexity index is 406. The Hall–Kier alpha value is -1.32. The Morgan fingerprint density at radius 2 is 1.80 bits per heavy atom. The highest BCUT2D eigenvalue weighted by Gasteiger charge is 2.32. The Kier molecular flexibility index (Phi) is 6.76. The molecule has 1 aliphatic heterocycles. The highest BCUT2D eigenvalue weighted by Crippen LogP contribution is 2.33. The first kappa shape index (κ1) is 16.7. The highest BCUT2D eigenvalue weighted by atomic mass is 16.5. The Labute approximate surface area is 123 Å². The van der Waals surface area contributed by atoms with Crippen molar-refractivity contribution >= 4 is 11.3 Å². The van der Waals surface area contributed by atoms with E-state index in [0.29, 0.717) is 0 Å². The van der Waals surface area contributed by atoms with Gasteiger partial charge in [-0.3, -0.25) is 0 Å². The molecule has 2 rings (SSSR count). The van der Waals surface area contributed by atoms with Crippen LogP contribution in [0.15, 0.2) is 30.8 Å². The van der Waals surface area contributed by atoms with Crippen LogP contribution >= 0.6 is 0 Å². The molecule has 0 saturated carbocycles. The molecule has 20 heavy (non-hydrogen) atoms. The summed E-state index contributed by atoms with van der Waals surface area (Å²) in [5.74, 6) is 0. The van der Waals surface area contributed by atoms with Crippen molar-refractivity contribution in [2.75, 3.05) is 25.9 Å². The summed E-state index contributed by atoms with van der Waals surface area (Å²) in [5, 5.41) is 3.37. The lowest BCUT2D eigenvalue weighted by Gasteiger charge is -2.37. The maximum Gasteiger partial charge on any atom is 0.0743 e. The molecule has 3 nitrogen and oxygen atoms in total. The molecule has 0 unspecified atom stereocenters. The molecule has 1 saturated heterocycles. The fourth-order valence-electron chi connectivity index (χ4n) is 2.55. The summed E-state index contributed by atoms with van der Waals surface area (Å²) >= 11 is 0. The number of nitrogen functional groups attached to an aromatic ring is 1. The number of piperidine rings is 1. The van der Waals surface area contributed by atoms with Gasteiger partial charge in [0, 0.05) is 19.2 Å². The van der Waals surface area contributed by atoms with Gasteiger partial charge in [0.25, 0.3) is 0 Å². The molecule has 0 spiro atoms. The van der Waals surface area contributed by atoms with Gasteiger partial charge in [0.05, 0.1) is 5.60 Å². The zero-order valence-corrected chi connectivity index (χ0v) is 13.0. The molecule has 0 radical (unpaired) electrons. The summed E-state index contributed by atoms with van der Waals surface area (Å²) in [6.07, 6.45) is 2.96. The second kappa shape index (κ2) is 8.08.